The van der Waals surface area contributed by atoms with Gasteiger partial charge in [-0.2, -0.15) is 10.4 Å². The maximum Gasteiger partial charge on any atom is 0.271 e. The van der Waals surface area contributed by atoms with Gasteiger partial charge in [0.15, 0.2) is 5.16 Å². The van der Waals surface area contributed by atoms with Crippen LogP contribution in [-0.4, -0.2) is 22.1 Å². The summed E-state index contributed by atoms with van der Waals surface area (Å²) in [6, 6.07) is 18.3. The van der Waals surface area contributed by atoms with Gasteiger partial charge >= 0.3 is 0 Å². The summed E-state index contributed by atoms with van der Waals surface area (Å²) in [6.45, 7) is 3.91. The maximum atomic E-state index is 12.2. The fourth-order valence-corrected chi connectivity index (χ4v) is 3.44. The van der Waals surface area contributed by atoms with Crippen LogP contribution in [0.2, 0.25) is 0 Å². The number of aromatic nitrogens is 2. The van der Waals surface area contributed by atoms with Crippen molar-refractivity contribution in [1.29, 1.82) is 5.26 Å². The molecule has 7 heteroatoms. The van der Waals surface area contributed by atoms with E-state index in [1.54, 1.807) is 48.2 Å². The average Bonchev–Trinajstić information content (AvgIpc) is 2.72. The molecule has 0 fully saturated rings. The van der Waals surface area contributed by atoms with Gasteiger partial charge < -0.3 is 0 Å². The summed E-state index contributed by atoms with van der Waals surface area (Å²) in [5, 5.41) is 13.5. The number of rotatable bonds is 6. The van der Waals surface area contributed by atoms with E-state index in [0.29, 0.717) is 11.1 Å². The van der Waals surface area contributed by atoms with Gasteiger partial charge in [-0.3, -0.25) is 4.79 Å². The predicted octanol–water partition coefficient (Wildman–Crippen LogP) is 4.02. The van der Waals surface area contributed by atoms with E-state index in [9.17, 15) is 4.79 Å². The highest BCUT2D eigenvalue weighted by atomic mass is 32.2. The highest BCUT2D eigenvalue weighted by molar-refractivity contribution is 7.98. The van der Waals surface area contributed by atoms with Crippen molar-refractivity contribution >= 4 is 23.9 Å². The minimum absolute atomic E-state index is 0.285. The molecule has 0 spiro atoms. The van der Waals surface area contributed by atoms with E-state index in [1.807, 2.05) is 32.0 Å². The van der Waals surface area contributed by atoms with Crippen LogP contribution >= 0.6 is 11.8 Å². The molecule has 1 heterocycles. The SMILES string of the molecule is Cc1cc(C)nc(SCc2ccc(C(=O)N/N=C\c3ccc(C#N)cc3)cc2)n1. The number of aryl methyl sites for hydroxylation is 2. The van der Waals surface area contributed by atoms with Crippen molar-refractivity contribution < 1.29 is 4.79 Å². The molecule has 0 aliphatic rings. The van der Waals surface area contributed by atoms with Crippen molar-refractivity contribution in [3.05, 3.63) is 88.2 Å². The second kappa shape index (κ2) is 9.62. The summed E-state index contributed by atoms with van der Waals surface area (Å²) in [7, 11) is 0. The average molecular weight is 401 g/mol. The molecular weight excluding hydrogens is 382 g/mol. The van der Waals surface area contributed by atoms with Crippen LogP contribution in [0, 0.1) is 25.2 Å². The van der Waals surface area contributed by atoms with Gasteiger partial charge in [-0.25, -0.2) is 15.4 Å². The molecule has 0 saturated carbocycles. The number of amides is 1. The number of carbonyl (C=O) groups is 1. The van der Waals surface area contributed by atoms with E-state index in [1.165, 1.54) is 6.21 Å². The molecular formula is C22H19N5OS. The van der Waals surface area contributed by atoms with Gasteiger partial charge in [0.25, 0.3) is 5.91 Å². The third-order valence-electron chi connectivity index (χ3n) is 3.97. The Morgan fingerprint density at radius 1 is 1.10 bits per heavy atom. The zero-order chi connectivity index (χ0) is 20.6. The molecule has 0 radical (unpaired) electrons. The lowest BCUT2D eigenvalue weighted by Gasteiger charge is -2.05. The quantitative estimate of drug-likeness (QED) is 0.291. The number of carbonyl (C=O) groups excluding carboxylic acids is 1. The largest absolute Gasteiger partial charge is 0.271 e. The monoisotopic (exact) mass is 401 g/mol. The van der Waals surface area contributed by atoms with Crippen LogP contribution in [-0.2, 0) is 5.75 Å². The third-order valence-corrected chi connectivity index (χ3v) is 4.88. The number of nitrogens with zero attached hydrogens (tertiary/aromatic N) is 4. The van der Waals surface area contributed by atoms with Crippen LogP contribution in [0.15, 0.2) is 64.9 Å². The summed E-state index contributed by atoms with van der Waals surface area (Å²) >= 11 is 1.56. The first kappa shape index (κ1) is 20.2. The summed E-state index contributed by atoms with van der Waals surface area (Å²) in [5.41, 5.74) is 7.39. The van der Waals surface area contributed by atoms with E-state index >= 15 is 0 Å². The Bertz CT molecular complexity index is 1050. The second-order valence-corrected chi connectivity index (χ2v) is 7.29. The van der Waals surface area contributed by atoms with E-state index in [2.05, 4.69) is 26.6 Å². The minimum atomic E-state index is -0.285. The molecule has 6 nitrogen and oxygen atoms in total. The fraction of sp³-hybridized carbons (Fsp3) is 0.136. The molecule has 1 N–H and O–H groups in total. The number of nitriles is 1. The zero-order valence-corrected chi connectivity index (χ0v) is 16.9. The molecule has 0 unspecified atom stereocenters. The van der Waals surface area contributed by atoms with E-state index in [0.717, 1.165) is 33.4 Å². The summed E-state index contributed by atoms with van der Waals surface area (Å²) < 4.78 is 0. The highest BCUT2D eigenvalue weighted by Crippen LogP contribution is 2.20. The van der Waals surface area contributed by atoms with Crippen molar-refractivity contribution in [1.82, 2.24) is 15.4 Å². The van der Waals surface area contributed by atoms with Crippen molar-refractivity contribution in [3.63, 3.8) is 0 Å². The molecule has 1 amide bonds. The summed E-state index contributed by atoms with van der Waals surface area (Å²) in [5.74, 6) is 0.438. The smallest absolute Gasteiger partial charge is 0.267 e. The van der Waals surface area contributed by atoms with Crippen LogP contribution in [0.5, 0.6) is 0 Å². The first-order valence-electron chi connectivity index (χ1n) is 8.91. The normalized spacial score (nSPS) is 10.7. The number of thioether (sulfide) groups is 1. The molecule has 1 aromatic heterocycles. The number of hydrogen-bond acceptors (Lipinski definition) is 6. The maximum absolute atomic E-state index is 12.2. The fourth-order valence-electron chi connectivity index (χ4n) is 2.53. The molecule has 3 rings (SSSR count). The van der Waals surface area contributed by atoms with Crippen molar-refractivity contribution in [2.75, 3.05) is 0 Å². The van der Waals surface area contributed by atoms with Gasteiger partial charge in [-0.15, -0.1) is 0 Å². The van der Waals surface area contributed by atoms with Gasteiger partial charge in [-0.1, -0.05) is 36.0 Å². The summed E-state index contributed by atoms with van der Waals surface area (Å²) in [4.78, 5) is 21.0. The standard InChI is InChI=1S/C22H19N5OS/c1-15-11-16(2)26-22(25-15)29-14-19-7-9-20(10-8-19)21(28)27-24-13-18-5-3-17(12-23)4-6-18/h3-11,13H,14H2,1-2H3,(H,27,28)/b24-13-. The zero-order valence-electron chi connectivity index (χ0n) is 16.1. The van der Waals surface area contributed by atoms with E-state index in [-0.39, 0.29) is 5.91 Å². The topological polar surface area (TPSA) is 91.0 Å². The molecule has 29 heavy (non-hydrogen) atoms. The molecule has 0 saturated heterocycles. The van der Waals surface area contributed by atoms with Gasteiger partial charge in [0, 0.05) is 22.7 Å². The molecule has 0 bridgehead atoms. The Hall–Kier alpha value is -3.50. The molecule has 3 aromatic rings. The second-order valence-electron chi connectivity index (χ2n) is 6.35. The first-order valence-corrected chi connectivity index (χ1v) is 9.89. The Labute approximate surface area is 173 Å². The van der Waals surface area contributed by atoms with Crippen LogP contribution in [0.3, 0.4) is 0 Å². The molecule has 0 aliphatic carbocycles. The van der Waals surface area contributed by atoms with E-state index in [4.69, 9.17) is 5.26 Å². The predicted molar refractivity (Wildman–Crippen MR) is 114 cm³/mol. The number of nitrogens with one attached hydrogen (secondary N) is 1. The molecule has 144 valence electrons. The van der Waals surface area contributed by atoms with Gasteiger partial charge in [-0.05, 0) is 55.3 Å². The van der Waals surface area contributed by atoms with Crippen molar-refractivity contribution in [2.24, 2.45) is 5.10 Å². The molecule has 0 aliphatic heterocycles. The Balaban J connectivity index is 1.54. The molecule has 2 aromatic carbocycles. The Morgan fingerprint density at radius 3 is 2.38 bits per heavy atom. The van der Waals surface area contributed by atoms with Crippen LogP contribution in [0.1, 0.15) is 38.4 Å². The van der Waals surface area contributed by atoms with Crippen molar-refractivity contribution in [3.8, 4) is 6.07 Å². The van der Waals surface area contributed by atoms with Crippen molar-refractivity contribution in [2.45, 2.75) is 24.8 Å². The third kappa shape index (κ3) is 5.99. The number of benzene rings is 2. The highest BCUT2D eigenvalue weighted by Gasteiger charge is 2.06. The lowest BCUT2D eigenvalue weighted by Crippen LogP contribution is -2.17. The Kier molecular flexibility index (Phi) is 6.72. The Morgan fingerprint density at radius 2 is 1.76 bits per heavy atom. The lowest BCUT2D eigenvalue weighted by atomic mass is 10.1. The summed E-state index contributed by atoms with van der Waals surface area (Å²) in [6.07, 6.45) is 1.54. The van der Waals surface area contributed by atoms with Gasteiger partial charge in [0.2, 0.25) is 0 Å². The van der Waals surface area contributed by atoms with Crippen LogP contribution in [0.25, 0.3) is 0 Å². The van der Waals surface area contributed by atoms with Gasteiger partial charge in [0.05, 0.1) is 17.8 Å². The number of hydrogen-bond donors (Lipinski definition) is 1. The minimum Gasteiger partial charge on any atom is -0.267 e. The molecule has 0 atom stereocenters. The van der Waals surface area contributed by atoms with Crippen LogP contribution in [0.4, 0.5) is 0 Å². The first-order chi connectivity index (χ1) is 14.0. The lowest BCUT2D eigenvalue weighted by molar-refractivity contribution is 0.0955. The van der Waals surface area contributed by atoms with Crippen LogP contribution < -0.4 is 5.43 Å². The number of hydrazone groups is 1. The van der Waals surface area contributed by atoms with Gasteiger partial charge in [0.1, 0.15) is 0 Å². The van der Waals surface area contributed by atoms with E-state index < -0.39 is 0 Å².